The summed E-state index contributed by atoms with van der Waals surface area (Å²) in [7, 11) is 0. The molecule has 1 aliphatic rings. The van der Waals surface area contributed by atoms with E-state index in [0.717, 1.165) is 0 Å². The first-order valence-electron chi connectivity index (χ1n) is 8.94. The topological polar surface area (TPSA) is 65.1 Å². The molecule has 1 aliphatic heterocycles. The molecule has 0 aliphatic carbocycles. The van der Waals surface area contributed by atoms with Gasteiger partial charge in [0.1, 0.15) is 11.5 Å². The molecule has 0 bridgehead atoms. The Kier molecular flexibility index (Phi) is 6.08. The van der Waals surface area contributed by atoms with E-state index < -0.39 is 5.97 Å². The van der Waals surface area contributed by atoms with Crippen molar-refractivity contribution in [1.82, 2.24) is 4.90 Å². The summed E-state index contributed by atoms with van der Waals surface area (Å²) in [5.41, 5.74) is 0.333. The summed E-state index contributed by atoms with van der Waals surface area (Å²) in [6.07, 6.45) is -0.0552. The molecule has 142 valence electrons. The molecule has 2 aromatic rings. The van der Waals surface area contributed by atoms with Crippen molar-refractivity contribution in [1.29, 1.82) is 0 Å². The second-order valence-electron chi connectivity index (χ2n) is 6.58. The summed E-state index contributed by atoms with van der Waals surface area (Å²) in [5, 5.41) is 0. The number of hydrogen-bond donors (Lipinski definition) is 0. The lowest BCUT2D eigenvalue weighted by molar-refractivity contribution is -0.146. The Balaban J connectivity index is 1.56. The second-order valence-corrected chi connectivity index (χ2v) is 6.58. The molecule has 0 N–H and O–H groups in total. The van der Waals surface area contributed by atoms with Gasteiger partial charge in [-0.25, -0.2) is 4.79 Å². The number of amides is 1. The summed E-state index contributed by atoms with van der Waals surface area (Å²) in [6, 6.07) is 16.0. The second kappa shape index (κ2) is 8.68. The predicted molar refractivity (Wildman–Crippen MR) is 99.8 cm³/mol. The molecule has 27 heavy (non-hydrogen) atoms. The fourth-order valence-corrected chi connectivity index (χ4v) is 2.99. The van der Waals surface area contributed by atoms with Gasteiger partial charge in [-0.15, -0.1) is 0 Å². The molecule has 3 rings (SSSR count). The van der Waals surface area contributed by atoms with Crippen LogP contribution in [0.4, 0.5) is 0 Å². The number of nitrogens with zero attached hydrogens (tertiary/aromatic N) is 1. The van der Waals surface area contributed by atoms with Crippen LogP contribution >= 0.6 is 0 Å². The minimum absolute atomic E-state index is 0.0276. The van der Waals surface area contributed by atoms with Gasteiger partial charge in [0.15, 0.2) is 6.61 Å². The molecule has 6 nitrogen and oxygen atoms in total. The highest BCUT2D eigenvalue weighted by Gasteiger charge is 2.26. The molecule has 0 unspecified atom stereocenters. The fraction of sp³-hybridized carbons (Fsp3) is 0.333. The first-order chi connectivity index (χ1) is 13.0. The summed E-state index contributed by atoms with van der Waals surface area (Å²) >= 11 is 0. The van der Waals surface area contributed by atoms with Crippen LogP contribution in [0.1, 0.15) is 24.2 Å². The number of carbonyl (C=O) groups is 2. The third kappa shape index (κ3) is 5.31. The minimum atomic E-state index is -0.559. The zero-order valence-electron chi connectivity index (χ0n) is 15.5. The molecular weight excluding hydrogens is 346 g/mol. The van der Waals surface area contributed by atoms with Crippen molar-refractivity contribution in [3.05, 3.63) is 60.2 Å². The molecule has 0 radical (unpaired) electrons. The highest BCUT2D eigenvalue weighted by Crippen LogP contribution is 2.22. The van der Waals surface area contributed by atoms with E-state index in [9.17, 15) is 9.59 Å². The zero-order chi connectivity index (χ0) is 19.2. The van der Waals surface area contributed by atoms with Crippen molar-refractivity contribution < 1.29 is 23.8 Å². The lowest BCUT2D eigenvalue weighted by Crippen LogP contribution is -2.49. The molecule has 0 spiro atoms. The van der Waals surface area contributed by atoms with Gasteiger partial charge in [-0.2, -0.15) is 0 Å². The summed E-state index contributed by atoms with van der Waals surface area (Å²) < 4.78 is 16.5. The van der Waals surface area contributed by atoms with E-state index in [0.29, 0.717) is 30.2 Å². The molecule has 1 saturated heterocycles. The van der Waals surface area contributed by atoms with Crippen molar-refractivity contribution in [2.45, 2.75) is 26.1 Å². The van der Waals surface area contributed by atoms with E-state index in [1.54, 1.807) is 29.2 Å². The number of ether oxygens (including phenoxy) is 3. The smallest absolute Gasteiger partial charge is 0.338 e. The first kappa shape index (κ1) is 18.9. The Labute approximate surface area is 158 Å². The monoisotopic (exact) mass is 369 g/mol. The molecule has 1 amide bonds. The maximum atomic E-state index is 12.3. The van der Waals surface area contributed by atoms with Crippen LogP contribution in [0, 0.1) is 0 Å². The number of morpholine rings is 1. The van der Waals surface area contributed by atoms with Gasteiger partial charge in [-0.05, 0) is 44.2 Å². The van der Waals surface area contributed by atoms with Gasteiger partial charge < -0.3 is 19.1 Å². The third-order valence-corrected chi connectivity index (χ3v) is 4.15. The van der Waals surface area contributed by atoms with E-state index in [4.69, 9.17) is 14.2 Å². The molecule has 6 heteroatoms. The standard InChI is InChI=1S/C21H23NO5/c1-15-12-22(13-16(2)26-15)20(23)14-25-21(24)17-7-6-10-19(11-17)27-18-8-4-3-5-9-18/h3-11,15-16H,12-14H2,1-2H3/t15-,16-/m1/s1. The van der Waals surface area contributed by atoms with Crippen molar-refractivity contribution in [2.75, 3.05) is 19.7 Å². The van der Waals surface area contributed by atoms with Gasteiger partial charge in [0.05, 0.1) is 17.8 Å². The van der Waals surface area contributed by atoms with E-state index >= 15 is 0 Å². The van der Waals surface area contributed by atoms with Crippen LogP contribution in [0.2, 0.25) is 0 Å². The largest absolute Gasteiger partial charge is 0.457 e. The van der Waals surface area contributed by atoms with Crippen LogP contribution in [0.15, 0.2) is 54.6 Å². The van der Waals surface area contributed by atoms with Crippen LogP contribution in [-0.4, -0.2) is 48.7 Å². The molecule has 1 fully saturated rings. The third-order valence-electron chi connectivity index (χ3n) is 4.15. The normalized spacial score (nSPS) is 19.4. The number of carbonyl (C=O) groups excluding carboxylic acids is 2. The number of esters is 1. The number of para-hydroxylation sites is 1. The Bertz CT molecular complexity index is 782. The summed E-state index contributed by atoms with van der Waals surface area (Å²) in [6.45, 7) is 4.55. The zero-order valence-corrected chi connectivity index (χ0v) is 15.5. The Morgan fingerprint density at radius 1 is 1.00 bits per heavy atom. The number of benzene rings is 2. The van der Waals surface area contributed by atoms with Crippen LogP contribution < -0.4 is 4.74 Å². The van der Waals surface area contributed by atoms with Gasteiger partial charge in [-0.1, -0.05) is 24.3 Å². The van der Waals surface area contributed by atoms with Crippen LogP contribution in [0.5, 0.6) is 11.5 Å². The maximum absolute atomic E-state index is 12.3. The van der Waals surface area contributed by atoms with Crippen molar-refractivity contribution in [2.24, 2.45) is 0 Å². The predicted octanol–water partition coefficient (Wildman–Crippen LogP) is 3.27. The minimum Gasteiger partial charge on any atom is -0.457 e. The van der Waals surface area contributed by atoms with Gasteiger partial charge in [-0.3, -0.25) is 4.79 Å². The van der Waals surface area contributed by atoms with E-state index in [1.807, 2.05) is 44.2 Å². The molecule has 2 aromatic carbocycles. The van der Waals surface area contributed by atoms with E-state index in [1.165, 1.54) is 0 Å². The van der Waals surface area contributed by atoms with Crippen LogP contribution in [0.3, 0.4) is 0 Å². The SMILES string of the molecule is C[C@@H]1CN(C(=O)COC(=O)c2cccc(Oc3ccccc3)c2)C[C@@H](C)O1. The fourth-order valence-electron chi connectivity index (χ4n) is 2.99. The van der Waals surface area contributed by atoms with Gasteiger partial charge in [0, 0.05) is 13.1 Å². The Morgan fingerprint density at radius 2 is 1.67 bits per heavy atom. The average molecular weight is 369 g/mol. The van der Waals surface area contributed by atoms with E-state index in [-0.39, 0.29) is 24.7 Å². The molecule has 2 atom stereocenters. The molecule has 1 heterocycles. The molecule has 0 saturated carbocycles. The van der Waals surface area contributed by atoms with Crippen molar-refractivity contribution >= 4 is 11.9 Å². The van der Waals surface area contributed by atoms with Gasteiger partial charge >= 0.3 is 5.97 Å². The molecule has 0 aromatic heterocycles. The maximum Gasteiger partial charge on any atom is 0.338 e. The van der Waals surface area contributed by atoms with E-state index in [2.05, 4.69) is 0 Å². The van der Waals surface area contributed by atoms with Crippen molar-refractivity contribution in [3.63, 3.8) is 0 Å². The van der Waals surface area contributed by atoms with Gasteiger partial charge in [0.25, 0.3) is 5.91 Å². The molecular formula is C21H23NO5. The summed E-state index contributed by atoms with van der Waals surface area (Å²) in [4.78, 5) is 26.3. The Hall–Kier alpha value is -2.86. The number of hydrogen-bond acceptors (Lipinski definition) is 5. The average Bonchev–Trinajstić information content (AvgIpc) is 2.66. The quantitative estimate of drug-likeness (QED) is 0.757. The highest BCUT2D eigenvalue weighted by atomic mass is 16.5. The van der Waals surface area contributed by atoms with Crippen LogP contribution in [0.25, 0.3) is 0 Å². The Morgan fingerprint density at radius 3 is 2.37 bits per heavy atom. The van der Waals surface area contributed by atoms with Crippen LogP contribution in [-0.2, 0) is 14.3 Å². The van der Waals surface area contributed by atoms with Crippen molar-refractivity contribution in [3.8, 4) is 11.5 Å². The van der Waals surface area contributed by atoms with Gasteiger partial charge in [0.2, 0.25) is 0 Å². The first-order valence-corrected chi connectivity index (χ1v) is 8.94. The number of rotatable bonds is 5. The lowest BCUT2D eigenvalue weighted by Gasteiger charge is -2.35. The highest BCUT2D eigenvalue weighted by molar-refractivity contribution is 5.91. The summed E-state index contributed by atoms with van der Waals surface area (Å²) in [5.74, 6) is 0.421. The lowest BCUT2D eigenvalue weighted by atomic mass is 10.2.